The molecule has 0 saturated carbocycles. The van der Waals surface area contributed by atoms with Gasteiger partial charge in [0.25, 0.3) is 5.24 Å². The summed E-state index contributed by atoms with van der Waals surface area (Å²) in [6.45, 7) is 0.371. The van der Waals surface area contributed by atoms with E-state index < -0.39 is 0 Å². The van der Waals surface area contributed by atoms with Crippen LogP contribution in [0.5, 0.6) is 0 Å². The number of nitrogens with zero attached hydrogens (tertiary/aromatic N) is 2. The average molecular weight is 169 g/mol. The van der Waals surface area contributed by atoms with Gasteiger partial charge in [-0.05, 0) is 0 Å². The SMILES string of the molecule is O=C(S)NCc1cnccn1. The molecule has 0 bridgehead atoms. The highest BCUT2D eigenvalue weighted by Gasteiger charge is 1.93. The predicted octanol–water partition coefficient (Wildman–Crippen LogP) is 0.616. The highest BCUT2D eigenvalue weighted by molar-refractivity contribution is 7.96. The van der Waals surface area contributed by atoms with Gasteiger partial charge in [0.15, 0.2) is 0 Å². The van der Waals surface area contributed by atoms with E-state index in [1.54, 1.807) is 18.6 Å². The Kier molecular flexibility index (Phi) is 2.85. The van der Waals surface area contributed by atoms with Gasteiger partial charge in [-0.1, -0.05) is 12.6 Å². The van der Waals surface area contributed by atoms with E-state index in [9.17, 15) is 4.79 Å². The summed E-state index contributed by atoms with van der Waals surface area (Å²) in [5.74, 6) is 0. The molecule has 0 aromatic carbocycles. The lowest BCUT2D eigenvalue weighted by molar-refractivity contribution is 0.260. The molecule has 1 heterocycles. The van der Waals surface area contributed by atoms with Crippen molar-refractivity contribution in [1.82, 2.24) is 15.3 Å². The van der Waals surface area contributed by atoms with Crippen LogP contribution in [-0.2, 0) is 6.54 Å². The van der Waals surface area contributed by atoms with E-state index in [1.807, 2.05) is 0 Å². The maximum atomic E-state index is 10.3. The molecule has 11 heavy (non-hydrogen) atoms. The maximum absolute atomic E-state index is 10.3. The zero-order chi connectivity index (χ0) is 8.10. The van der Waals surface area contributed by atoms with Gasteiger partial charge >= 0.3 is 0 Å². The first-order chi connectivity index (χ1) is 5.29. The summed E-state index contributed by atoms with van der Waals surface area (Å²) < 4.78 is 0. The van der Waals surface area contributed by atoms with Crippen LogP contribution in [0, 0.1) is 0 Å². The second-order valence-electron chi connectivity index (χ2n) is 1.86. The molecule has 0 radical (unpaired) electrons. The van der Waals surface area contributed by atoms with Crippen molar-refractivity contribution >= 4 is 17.9 Å². The fraction of sp³-hybridized carbons (Fsp3) is 0.167. The first-order valence-electron chi connectivity index (χ1n) is 3.01. The highest BCUT2D eigenvalue weighted by Crippen LogP contribution is 1.89. The van der Waals surface area contributed by atoms with Gasteiger partial charge in [-0.25, -0.2) is 0 Å². The van der Waals surface area contributed by atoms with Gasteiger partial charge < -0.3 is 5.32 Å². The number of thiol groups is 1. The van der Waals surface area contributed by atoms with Crippen molar-refractivity contribution in [2.24, 2.45) is 0 Å². The van der Waals surface area contributed by atoms with E-state index >= 15 is 0 Å². The van der Waals surface area contributed by atoms with E-state index in [0.717, 1.165) is 5.69 Å². The fourth-order valence-corrected chi connectivity index (χ4v) is 0.666. The minimum Gasteiger partial charge on any atom is -0.341 e. The van der Waals surface area contributed by atoms with Crippen LogP contribution in [-0.4, -0.2) is 15.2 Å². The Morgan fingerprint density at radius 3 is 3.00 bits per heavy atom. The molecule has 4 nitrogen and oxygen atoms in total. The van der Waals surface area contributed by atoms with Crippen LogP contribution in [0.4, 0.5) is 4.79 Å². The minimum absolute atomic E-state index is 0.365. The first-order valence-corrected chi connectivity index (χ1v) is 3.45. The van der Waals surface area contributed by atoms with Crippen LogP contribution in [0.2, 0.25) is 0 Å². The fourth-order valence-electron chi connectivity index (χ4n) is 0.587. The van der Waals surface area contributed by atoms with Gasteiger partial charge in [-0.3, -0.25) is 14.8 Å². The Morgan fingerprint density at radius 2 is 2.45 bits per heavy atom. The molecule has 1 N–H and O–H groups in total. The van der Waals surface area contributed by atoms with Gasteiger partial charge in [0.2, 0.25) is 0 Å². The summed E-state index contributed by atoms with van der Waals surface area (Å²) in [5, 5.41) is 2.12. The molecular weight excluding hydrogens is 162 g/mol. The first kappa shape index (κ1) is 8.00. The van der Waals surface area contributed by atoms with E-state index in [2.05, 4.69) is 27.9 Å². The number of carbonyl (C=O) groups excluding carboxylic acids is 1. The number of carbonyl (C=O) groups is 1. The number of hydrogen-bond donors (Lipinski definition) is 2. The third-order valence-electron chi connectivity index (χ3n) is 1.04. The molecule has 1 amide bonds. The van der Waals surface area contributed by atoms with Crippen molar-refractivity contribution in [2.75, 3.05) is 0 Å². The Bertz CT molecular complexity index is 239. The van der Waals surface area contributed by atoms with E-state index in [-0.39, 0.29) is 5.24 Å². The lowest BCUT2D eigenvalue weighted by atomic mass is 10.4. The zero-order valence-electron chi connectivity index (χ0n) is 5.69. The van der Waals surface area contributed by atoms with Crippen LogP contribution < -0.4 is 5.32 Å². The summed E-state index contributed by atoms with van der Waals surface area (Å²) in [6.07, 6.45) is 4.73. The van der Waals surface area contributed by atoms with E-state index in [4.69, 9.17) is 0 Å². The molecule has 0 atom stereocenters. The van der Waals surface area contributed by atoms with Crippen molar-refractivity contribution < 1.29 is 4.79 Å². The predicted molar refractivity (Wildman–Crippen MR) is 43.3 cm³/mol. The van der Waals surface area contributed by atoms with Crippen LogP contribution in [0.1, 0.15) is 5.69 Å². The quantitative estimate of drug-likeness (QED) is 0.638. The van der Waals surface area contributed by atoms with Crippen molar-refractivity contribution in [3.05, 3.63) is 24.3 Å². The Balaban J connectivity index is 2.45. The molecule has 0 aliphatic heterocycles. The van der Waals surface area contributed by atoms with Gasteiger partial charge in [0, 0.05) is 12.4 Å². The Hall–Kier alpha value is -1.10. The lowest BCUT2D eigenvalue weighted by Gasteiger charge is -1.97. The smallest absolute Gasteiger partial charge is 0.276 e. The monoisotopic (exact) mass is 169 g/mol. The second kappa shape index (κ2) is 3.92. The molecular formula is C6H7N3OS. The second-order valence-corrected chi connectivity index (χ2v) is 2.26. The highest BCUT2D eigenvalue weighted by atomic mass is 32.1. The van der Waals surface area contributed by atoms with Gasteiger partial charge in [-0.2, -0.15) is 0 Å². The van der Waals surface area contributed by atoms with Crippen molar-refractivity contribution in [3.8, 4) is 0 Å². The lowest BCUT2D eigenvalue weighted by Crippen LogP contribution is -2.16. The standard InChI is InChI=1S/C6H7N3OS/c10-6(11)9-4-5-3-7-1-2-8-5/h1-3H,4H2,(H2,9,10,11). The molecule has 0 aliphatic carbocycles. The summed E-state index contributed by atoms with van der Waals surface area (Å²) in [7, 11) is 0. The topological polar surface area (TPSA) is 54.9 Å². The Labute approximate surface area is 69.5 Å². The van der Waals surface area contributed by atoms with E-state index in [0.29, 0.717) is 6.54 Å². The van der Waals surface area contributed by atoms with Crippen LogP contribution >= 0.6 is 12.6 Å². The molecule has 0 saturated heterocycles. The molecule has 1 aromatic heterocycles. The van der Waals surface area contributed by atoms with Gasteiger partial charge in [-0.15, -0.1) is 0 Å². The summed E-state index contributed by atoms with van der Waals surface area (Å²) >= 11 is 3.53. The van der Waals surface area contributed by atoms with Gasteiger partial charge in [0.05, 0.1) is 18.4 Å². The van der Waals surface area contributed by atoms with Crippen LogP contribution in [0.3, 0.4) is 0 Å². The third-order valence-corrected chi connectivity index (χ3v) is 1.20. The van der Waals surface area contributed by atoms with E-state index in [1.165, 1.54) is 0 Å². The maximum Gasteiger partial charge on any atom is 0.276 e. The molecule has 0 fully saturated rings. The molecule has 1 rings (SSSR count). The molecule has 0 spiro atoms. The molecule has 0 aliphatic rings. The average Bonchev–Trinajstić information content (AvgIpc) is 2.03. The zero-order valence-corrected chi connectivity index (χ0v) is 6.58. The summed E-state index contributed by atoms with van der Waals surface area (Å²) in [4.78, 5) is 18.1. The number of hydrogen-bond acceptors (Lipinski definition) is 3. The third kappa shape index (κ3) is 2.99. The van der Waals surface area contributed by atoms with Crippen LogP contribution in [0.15, 0.2) is 18.6 Å². The molecule has 5 heteroatoms. The largest absolute Gasteiger partial charge is 0.341 e. The minimum atomic E-state index is -0.365. The Morgan fingerprint density at radius 1 is 1.64 bits per heavy atom. The number of aromatic nitrogens is 2. The molecule has 1 aromatic rings. The number of rotatable bonds is 2. The molecule has 0 unspecified atom stereocenters. The summed E-state index contributed by atoms with van der Waals surface area (Å²) in [5.41, 5.74) is 0.718. The number of amides is 1. The van der Waals surface area contributed by atoms with Crippen molar-refractivity contribution in [2.45, 2.75) is 6.54 Å². The van der Waals surface area contributed by atoms with Gasteiger partial charge in [0.1, 0.15) is 0 Å². The normalized spacial score (nSPS) is 9.18. The van der Waals surface area contributed by atoms with Crippen LogP contribution in [0.25, 0.3) is 0 Å². The number of nitrogens with one attached hydrogen (secondary N) is 1. The molecule has 58 valence electrons. The van der Waals surface area contributed by atoms with Crippen molar-refractivity contribution in [1.29, 1.82) is 0 Å². The van der Waals surface area contributed by atoms with Crippen molar-refractivity contribution in [3.63, 3.8) is 0 Å². The summed E-state index contributed by atoms with van der Waals surface area (Å²) in [6, 6.07) is 0.